The van der Waals surface area contributed by atoms with Crippen molar-refractivity contribution in [3.05, 3.63) is 77.1 Å². The maximum atomic E-state index is 17.0. The van der Waals surface area contributed by atoms with Crippen molar-refractivity contribution in [1.82, 2.24) is 24.5 Å². The van der Waals surface area contributed by atoms with Crippen LogP contribution in [0.15, 0.2) is 48.7 Å². The molecule has 7 rings (SSSR count). The van der Waals surface area contributed by atoms with Crippen LogP contribution in [0.1, 0.15) is 59.6 Å². The maximum absolute atomic E-state index is 17.0. The Morgan fingerprint density at radius 1 is 1.12 bits per heavy atom. The molecule has 2 fully saturated rings. The lowest BCUT2D eigenvalue weighted by Gasteiger charge is -2.33. The molecule has 1 aliphatic carbocycles. The average molecular weight is 561 g/mol. The largest absolute Gasteiger partial charge is 0.385 e. The van der Waals surface area contributed by atoms with Crippen LogP contribution in [-0.4, -0.2) is 42.9 Å². The van der Waals surface area contributed by atoms with Crippen LogP contribution in [0.25, 0.3) is 33.2 Å². The van der Waals surface area contributed by atoms with Crippen molar-refractivity contribution in [3.63, 3.8) is 0 Å². The molecule has 2 aliphatic rings. The summed E-state index contributed by atoms with van der Waals surface area (Å²) in [5.41, 5.74) is 0.974. The number of benzene rings is 2. The summed E-state index contributed by atoms with van der Waals surface area (Å²) in [4.78, 5) is 4.75. The number of aromatic nitrogens is 5. The van der Waals surface area contributed by atoms with Gasteiger partial charge >= 0.3 is 0 Å². The number of aliphatic hydroxyl groups is 1. The van der Waals surface area contributed by atoms with Gasteiger partial charge in [-0.25, -0.2) is 13.5 Å². The molecule has 0 bridgehead atoms. The van der Waals surface area contributed by atoms with E-state index in [4.69, 9.17) is 13.8 Å². The first-order valence-electron chi connectivity index (χ1n) is 15.6. The Labute approximate surface area is 241 Å². The molecule has 1 saturated carbocycles. The number of halogens is 2. The Morgan fingerprint density at radius 3 is 2.63 bits per heavy atom. The van der Waals surface area contributed by atoms with Gasteiger partial charge in [0.25, 0.3) is 0 Å². The van der Waals surface area contributed by atoms with Crippen LogP contribution in [0.4, 0.5) is 8.78 Å². The number of ether oxygens (including phenoxy) is 1. The average Bonchev–Trinajstić information content (AvgIpc) is 3.71. The zero-order valence-electron chi connectivity index (χ0n) is 25.9. The number of rotatable bonds is 6. The van der Waals surface area contributed by atoms with Gasteiger partial charge in [0.05, 0.1) is 39.6 Å². The number of nitrogens with zero attached hydrogens (tertiary/aromatic N) is 5. The highest BCUT2D eigenvalue weighted by atomic mass is 19.1. The molecule has 0 spiro atoms. The van der Waals surface area contributed by atoms with Crippen LogP contribution in [-0.2, 0) is 17.4 Å². The standard InChI is InChI=1S/C32H33F2N5O2/c1-18-29(38(3)37-36-18)20-16-26-28(35-17-20)23-10-11-24(32(2,40)21-8-9-21)27(34)31(23)39(26)30(19-12-14-41-15-13-19)22-6-4-5-7-25(22)33/h4-7,10-11,16-17,19,21,30,40H,8-9,12-15H2,1-3H3/t30-,32?/m0/s1/i1D3. The fourth-order valence-corrected chi connectivity index (χ4v) is 6.66. The zero-order valence-corrected chi connectivity index (χ0v) is 22.9. The second-order valence-corrected chi connectivity index (χ2v) is 11.5. The quantitative estimate of drug-likeness (QED) is 0.267. The molecule has 2 aromatic carbocycles. The maximum Gasteiger partial charge on any atom is 0.153 e. The number of fused-ring (bicyclic) bond motifs is 3. The Hall–Kier alpha value is -3.69. The predicted octanol–water partition coefficient (Wildman–Crippen LogP) is 6.21. The number of hydrogen-bond donors (Lipinski definition) is 1. The van der Waals surface area contributed by atoms with Crippen molar-refractivity contribution in [2.45, 2.75) is 51.1 Å². The summed E-state index contributed by atoms with van der Waals surface area (Å²) < 4.78 is 65.7. The second kappa shape index (κ2) is 9.70. The minimum Gasteiger partial charge on any atom is -0.385 e. The molecule has 2 atom stereocenters. The zero-order chi connectivity index (χ0) is 31.0. The summed E-state index contributed by atoms with van der Waals surface area (Å²) in [6.07, 6.45) is 4.41. The summed E-state index contributed by atoms with van der Waals surface area (Å²) in [5.74, 6) is -1.14. The van der Waals surface area contributed by atoms with E-state index < -0.39 is 30.1 Å². The summed E-state index contributed by atoms with van der Waals surface area (Å²) >= 11 is 0. The monoisotopic (exact) mass is 560 g/mol. The highest BCUT2D eigenvalue weighted by Crippen LogP contribution is 2.49. The number of hydrogen-bond acceptors (Lipinski definition) is 5. The smallest absolute Gasteiger partial charge is 0.153 e. The first kappa shape index (κ1) is 22.9. The van der Waals surface area contributed by atoms with E-state index in [1.807, 2.05) is 4.57 Å². The van der Waals surface area contributed by atoms with Gasteiger partial charge in [0, 0.05) is 52.6 Å². The fourth-order valence-electron chi connectivity index (χ4n) is 6.66. The first-order valence-corrected chi connectivity index (χ1v) is 14.1. The van der Waals surface area contributed by atoms with Crippen LogP contribution in [0.3, 0.4) is 0 Å². The minimum absolute atomic E-state index is 0.0505. The molecular formula is C32H33F2N5O2. The second-order valence-electron chi connectivity index (χ2n) is 11.5. The third-order valence-corrected chi connectivity index (χ3v) is 8.97. The summed E-state index contributed by atoms with van der Waals surface area (Å²) in [7, 11) is 1.60. The Morgan fingerprint density at radius 2 is 1.90 bits per heavy atom. The molecule has 7 nitrogen and oxygen atoms in total. The molecule has 0 radical (unpaired) electrons. The van der Waals surface area contributed by atoms with Crippen molar-refractivity contribution in [3.8, 4) is 11.3 Å². The van der Waals surface area contributed by atoms with Gasteiger partial charge in [-0.15, -0.1) is 5.10 Å². The third-order valence-electron chi connectivity index (χ3n) is 8.97. The first-order chi connectivity index (χ1) is 21.0. The lowest BCUT2D eigenvalue weighted by atomic mass is 9.86. The van der Waals surface area contributed by atoms with Gasteiger partial charge in [-0.2, -0.15) is 0 Å². The van der Waals surface area contributed by atoms with Gasteiger partial charge in [0.15, 0.2) is 5.82 Å². The third kappa shape index (κ3) is 4.16. The summed E-state index contributed by atoms with van der Waals surface area (Å²) in [6.45, 7) is 0.0985. The van der Waals surface area contributed by atoms with Crippen molar-refractivity contribution in [2.75, 3.05) is 13.2 Å². The Balaban J connectivity index is 1.58. The van der Waals surface area contributed by atoms with Crippen molar-refractivity contribution < 1.29 is 22.7 Å². The molecule has 212 valence electrons. The van der Waals surface area contributed by atoms with E-state index in [1.165, 1.54) is 10.7 Å². The topological polar surface area (TPSA) is 78.0 Å². The van der Waals surface area contributed by atoms with Crippen molar-refractivity contribution >= 4 is 21.9 Å². The van der Waals surface area contributed by atoms with Crippen molar-refractivity contribution in [1.29, 1.82) is 0 Å². The van der Waals surface area contributed by atoms with Gasteiger partial charge in [0.2, 0.25) is 0 Å². The van der Waals surface area contributed by atoms with E-state index in [0.717, 1.165) is 12.8 Å². The molecule has 4 heterocycles. The van der Waals surface area contributed by atoms with Crippen molar-refractivity contribution in [2.24, 2.45) is 18.9 Å². The molecule has 41 heavy (non-hydrogen) atoms. The van der Waals surface area contributed by atoms with Gasteiger partial charge < -0.3 is 14.4 Å². The normalized spacial score (nSPS) is 20.1. The van der Waals surface area contributed by atoms with Gasteiger partial charge in [-0.05, 0) is 63.4 Å². The minimum atomic E-state index is -2.53. The number of aryl methyl sites for hydroxylation is 2. The van der Waals surface area contributed by atoms with E-state index in [9.17, 15) is 5.11 Å². The van der Waals surface area contributed by atoms with E-state index >= 15 is 8.78 Å². The molecule has 1 unspecified atom stereocenters. The molecule has 0 amide bonds. The van der Waals surface area contributed by atoms with Gasteiger partial charge in [0.1, 0.15) is 5.82 Å². The van der Waals surface area contributed by atoms with E-state index in [0.29, 0.717) is 53.6 Å². The predicted molar refractivity (Wildman–Crippen MR) is 152 cm³/mol. The van der Waals surface area contributed by atoms with Gasteiger partial charge in [-0.3, -0.25) is 4.98 Å². The Bertz CT molecular complexity index is 1890. The molecular weight excluding hydrogens is 524 g/mol. The summed E-state index contributed by atoms with van der Waals surface area (Å²) in [6, 6.07) is 11.1. The van der Waals surface area contributed by atoms with Crippen LogP contribution in [0, 0.1) is 30.3 Å². The molecule has 1 aliphatic heterocycles. The molecule has 9 heteroatoms. The highest BCUT2D eigenvalue weighted by molar-refractivity contribution is 6.07. The van der Waals surface area contributed by atoms with E-state index in [1.54, 1.807) is 56.6 Å². The highest BCUT2D eigenvalue weighted by Gasteiger charge is 2.44. The lowest BCUT2D eigenvalue weighted by Crippen LogP contribution is -2.28. The van der Waals surface area contributed by atoms with Crippen LogP contribution in [0.5, 0.6) is 0 Å². The van der Waals surface area contributed by atoms with Gasteiger partial charge in [-0.1, -0.05) is 35.5 Å². The van der Waals surface area contributed by atoms with E-state index in [2.05, 4.69) is 10.3 Å². The summed E-state index contributed by atoms with van der Waals surface area (Å²) in [5, 5.41) is 19.9. The molecule has 3 aromatic heterocycles. The van der Waals surface area contributed by atoms with Crippen LogP contribution >= 0.6 is 0 Å². The molecule has 1 saturated heterocycles. The number of pyridine rings is 1. The Kier molecular flexibility index (Phi) is 5.43. The lowest BCUT2D eigenvalue weighted by molar-refractivity contribution is 0.0297. The van der Waals surface area contributed by atoms with Crippen LogP contribution in [0.2, 0.25) is 0 Å². The van der Waals surface area contributed by atoms with Crippen LogP contribution < -0.4 is 0 Å². The molecule has 5 aromatic rings. The fraction of sp³-hybridized carbons (Fsp3) is 0.406. The molecule has 1 N–H and O–H groups in total. The van der Waals surface area contributed by atoms with E-state index in [-0.39, 0.29) is 34.3 Å². The SMILES string of the molecule is [2H]C([2H])([2H])c1nnn(C)c1-c1cnc2c3ccc(C(C)(O)C4CC4)c(F)c3n([C@H](c3ccccc3F)C3CCOCC3)c2c1.